The second kappa shape index (κ2) is 10.6. The molecule has 180 valence electrons. The molecule has 1 aliphatic rings. The lowest BCUT2D eigenvalue weighted by atomic mass is 9.98. The Balaban J connectivity index is 1.33. The van der Waals surface area contributed by atoms with E-state index in [4.69, 9.17) is 16.3 Å². The SMILES string of the molecule is CCC(CNC(=O)OCC1c2ccccc2-c2ccccc21)C(=O)Nc1ccc(Cl)c(C(=O)O)c1. The summed E-state index contributed by atoms with van der Waals surface area (Å²) in [4.78, 5) is 36.4. The Bertz CT molecular complexity index is 1230. The first-order valence-corrected chi connectivity index (χ1v) is 11.7. The molecule has 8 heteroatoms. The van der Waals surface area contributed by atoms with Crippen LogP contribution in [0.1, 0.15) is 40.7 Å². The van der Waals surface area contributed by atoms with E-state index in [1.165, 1.54) is 18.2 Å². The zero-order chi connectivity index (χ0) is 24.9. The maximum Gasteiger partial charge on any atom is 0.407 e. The number of benzene rings is 3. The highest BCUT2D eigenvalue weighted by Gasteiger charge is 2.29. The fourth-order valence-electron chi connectivity index (χ4n) is 4.29. The summed E-state index contributed by atoms with van der Waals surface area (Å²) in [5.74, 6) is -2.11. The van der Waals surface area contributed by atoms with Crippen LogP contribution in [-0.2, 0) is 9.53 Å². The first kappa shape index (κ1) is 24.3. The number of ether oxygens (including phenoxy) is 1. The largest absolute Gasteiger partial charge is 0.478 e. The molecule has 7 nitrogen and oxygen atoms in total. The first-order valence-electron chi connectivity index (χ1n) is 11.3. The van der Waals surface area contributed by atoms with E-state index >= 15 is 0 Å². The lowest BCUT2D eigenvalue weighted by Crippen LogP contribution is -2.36. The van der Waals surface area contributed by atoms with Gasteiger partial charge in [0.05, 0.1) is 16.5 Å². The maximum atomic E-state index is 12.7. The second-order valence-electron chi connectivity index (χ2n) is 8.30. The molecule has 35 heavy (non-hydrogen) atoms. The smallest absolute Gasteiger partial charge is 0.407 e. The predicted molar refractivity (Wildman–Crippen MR) is 134 cm³/mol. The van der Waals surface area contributed by atoms with Crippen molar-refractivity contribution in [2.75, 3.05) is 18.5 Å². The van der Waals surface area contributed by atoms with Crippen molar-refractivity contribution in [1.29, 1.82) is 0 Å². The monoisotopic (exact) mass is 492 g/mol. The normalized spacial score (nSPS) is 12.9. The van der Waals surface area contributed by atoms with Crippen molar-refractivity contribution in [3.8, 4) is 11.1 Å². The molecule has 3 aromatic carbocycles. The van der Waals surface area contributed by atoms with Crippen LogP contribution in [0.2, 0.25) is 5.02 Å². The predicted octanol–water partition coefficient (Wildman–Crippen LogP) is 5.54. The van der Waals surface area contributed by atoms with Gasteiger partial charge < -0.3 is 20.5 Å². The highest BCUT2D eigenvalue weighted by molar-refractivity contribution is 6.33. The Labute approximate surface area is 208 Å². The third kappa shape index (κ3) is 5.30. The number of anilines is 1. The van der Waals surface area contributed by atoms with Gasteiger partial charge in [-0.25, -0.2) is 9.59 Å². The van der Waals surface area contributed by atoms with Crippen LogP contribution in [0.15, 0.2) is 66.7 Å². The molecule has 0 heterocycles. The number of carboxylic acids is 1. The number of alkyl carbamates (subject to hydrolysis) is 1. The molecule has 4 rings (SSSR count). The standard InChI is InChI=1S/C27H25ClN2O5/c1-2-16(25(31)30-17-11-12-24(28)22(13-17)26(32)33)14-29-27(34)35-15-23-20-9-5-3-7-18(20)19-8-4-6-10-21(19)23/h3-13,16,23H,2,14-15H2,1H3,(H,29,34)(H,30,31)(H,32,33). The highest BCUT2D eigenvalue weighted by atomic mass is 35.5. The number of carbonyl (C=O) groups is 3. The Morgan fingerprint density at radius 3 is 2.23 bits per heavy atom. The number of amides is 2. The Hall–Kier alpha value is -3.84. The number of halogens is 1. The summed E-state index contributed by atoms with van der Waals surface area (Å²) in [7, 11) is 0. The maximum absolute atomic E-state index is 12.7. The van der Waals surface area contributed by atoms with Crippen LogP contribution in [0.4, 0.5) is 10.5 Å². The fraction of sp³-hybridized carbons (Fsp3) is 0.222. The minimum absolute atomic E-state index is 0.0493. The topological polar surface area (TPSA) is 105 Å². The van der Waals surface area contributed by atoms with Gasteiger partial charge in [-0.2, -0.15) is 0 Å². The molecule has 3 aromatic rings. The molecule has 1 aliphatic carbocycles. The Morgan fingerprint density at radius 1 is 1.00 bits per heavy atom. The molecule has 1 unspecified atom stereocenters. The molecule has 0 aliphatic heterocycles. The zero-order valence-corrected chi connectivity index (χ0v) is 19.8. The van der Waals surface area contributed by atoms with Crippen molar-refractivity contribution < 1.29 is 24.2 Å². The molecule has 1 atom stereocenters. The number of aromatic carboxylic acids is 1. The van der Waals surface area contributed by atoms with Crippen LogP contribution < -0.4 is 10.6 Å². The minimum Gasteiger partial charge on any atom is -0.478 e. The van der Waals surface area contributed by atoms with Gasteiger partial charge in [-0.15, -0.1) is 0 Å². The molecule has 0 saturated heterocycles. The number of rotatable bonds is 8. The second-order valence-corrected chi connectivity index (χ2v) is 8.71. The lowest BCUT2D eigenvalue weighted by molar-refractivity contribution is -0.119. The number of nitrogens with one attached hydrogen (secondary N) is 2. The van der Waals surface area contributed by atoms with Gasteiger partial charge in [-0.3, -0.25) is 4.79 Å². The molecule has 0 fully saturated rings. The van der Waals surface area contributed by atoms with E-state index in [2.05, 4.69) is 22.8 Å². The third-order valence-corrected chi connectivity index (χ3v) is 6.49. The summed E-state index contributed by atoms with van der Waals surface area (Å²) in [6.45, 7) is 2.10. The fourth-order valence-corrected chi connectivity index (χ4v) is 4.49. The number of carbonyl (C=O) groups excluding carboxylic acids is 2. The van der Waals surface area contributed by atoms with Gasteiger partial charge in [0.25, 0.3) is 0 Å². The van der Waals surface area contributed by atoms with Crippen LogP contribution in [0.3, 0.4) is 0 Å². The summed E-state index contributed by atoms with van der Waals surface area (Å²) in [6, 6.07) is 20.4. The van der Waals surface area contributed by atoms with E-state index in [1.807, 2.05) is 43.3 Å². The third-order valence-electron chi connectivity index (χ3n) is 6.16. The van der Waals surface area contributed by atoms with Crippen molar-refractivity contribution in [2.24, 2.45) is 5.92 Å². The minimum atomic E-state index is -1.19. The van der Waals surface area contributed by atoms with E-state index in [-0.39, 0.29) is 35.6 Å². The van der Waals surface area contributed by atoms with Gasteiger partial charge >= 0.3 is 12.1 Å². The molecular weight excluding hydrogens is 468 g/mol. The summed E-state index contributed by atoms with van der Waals surface area (Å²) >= 11 is 5.88. The molecule has 0 saturated carbocycles. The number of fused-ring (bicyclic) bond motifs is 3. The van der Waals surface area contributed by atoms with Crippen molar-refractivity contribution in [3.63, 3.8) is 0 Å². The number of carboxylic acid groups (broad SMARTS) is 1. The first-order chi connectivity index (χ1) is 16.9. The molecular formula is C27H25ClN2O5. The molecule has 0 aromatic heterocycles. The summed E-state index contributed by atoms with van der Waals surface area (Å²) < 4.78 is 5.53. The molecule has 3 N–H and O–H groups in total. The van der Waals surface area contributed by atoms with Crippen LogP contribution >= 0.6 is 11.6 Å². The summed E-state index contributed by atoms with van der Waals surface area (Å²) in [5, 5.41) is 14.6. The van der Waals surface area contributed by atoms with Gasteiger partial charge in [0.15, 0.2) is 0 Å². The van der Waals surface area contributed by atoms with Crippen LogP contribution in [0.5, 0.6) is 0 Å². The summed E-state index contributed by atoms with van der Waals surface area (Å²) in [6.07, 6.45) is -0.132. The van der Waals surface area contributed by atoms with Gasteiger partial charge in [0, 0.05) is 18.2 Å². The molecule has 2 amide bonds. The average Bonchev–Trinajstić information content (AvgIpc) is 3.18. The van der Waals surface area contributed by atoms with E-state index in [1.54, 1.807) is 0 Å². The average molecular weight is 493 g/mol. The van der Waals surface area contributed by atoms with Crippen molar-refractivity contribution in [2.45, 2.75) is 19.3 Å². The highest BCUT2D eigenvalue weighted by Crippen LogP contribution is 2.44. The van der Waals surface area contributed by atoms with Crippen LogP contribution in [-0.4, -0.2) is 36.2 Å². The quantitative estimate of drug-likeness (QED) is 0.383. The molecule has 0 bridgehead atoms. The van der Waals surface area contributed by atoms with Crippen molar-refractivity contribution in [1.82, 2.24) is 5.32 Å². The van der Waals surface area contributed by atoms with Gasteiger partial charge in [0.2, 0.25) is 5.91 Å². The number of hydrogen-bond acceptors (Lipinski definition) is 4. The molecule has 0 radical (unpaired) electrons. The van der Waals surface area contributed by atoms with Crippen LogP contribution in [0.25, 0.3) is 11.1 Å². The van der Waals surface area contributed by atoms with E-state index in [0.29, 0.717) is 12.1 Å². The van der Waals surface area contributed by atoms with Gasteiger partial charge in [-0.05, 0) is 46.9 Å². The lowest BCUT2D eigenvalue weighted by Gasteiger charge is -2.18. The van der Waals surface area contributed by atoms with Crippen LogP contribution in [0, 0.1) is 5.92 Å². The zero-order valence-electron chi connectivity index (χ0n) is 19.1. The van der Waals surface area contributed by atoms with Crippen molar-refractivity contribution in [3.05, 3.63) is 88.4 Å². The van der Waals surface area contributed by atoms with E-state index in [0.717, 1.165) is 22.3 Å². The number of hydrogen-bond donors (Lipinski definition) is 3. The Kier molecular flexibility index (Phi) is 7.36. The van der Waals surface area contributed by atoms with E-state index in [9.17, 15) is 19.5 Å². The van der Waals surface area contributed by atoms with Gasteiger partial charge in [0.1, 0.15) is 6.61 Å². The summed E-state index contributed by atoms with van der Waals surface area (Å²) in [5.41, 5.74) is 4.75. The van der Waals surface area contributed by atoms with Gasteiger partial charge in [-0.1, -0.05) is 67.1 Å². The Morgan fingerprint density at radius 2 is 1.63 bits per heavy atom. The van der Waals surface area contributed by atoms with E-state index < -0.39 is 18.0 Å². The molecule has 0 spiro atoms. The van der Waals surface area contributed by atoms with Crippen molar-refractivity contribution >= 4 is 35.3 Å².